The number of fused-ring (bicyclic) bond motifs is 1. The summed E-state index contributed by atoms with van der Waals surface area (Å²) in [6.45, 7) is 0.328. The molecule has 1 aliphatic heterocycles. The molecule has 178 valence electrons. The third-order valence-electron chi connectivity index (χ3n) is 6.30. The second-order valence-electron chi connectivity index (χ2n) is 8.44. The summed E-state index contributed by atoms with van der Waals surface area (Å²) in [5, 5.41) is 0. The number of para-hydroxylation sites is 1. The highest BCUT2D eigenvalue weighted by Gasteiger charge is 2.35. The zero-order valence-corrected chi connectivity index (χ0v) is 20.1. The highest BCUT2D eigenvalue weighted by Crippen LogP contribution is 2.43. The molecule has 5 nitrogen and oxygen atoms in total. The Morgan fingerprint density at radius 2 is 1.42 bits per heavy atom. The van der Waals surface area contributed by atoms with Crippen LogP contribution < -0.4 is 9.64 Å². The molecule has 36 heavy (non-hydrogen) atoms. The van der Waals surface area contributed by atoms with E-state index in [1.165, 1.54) is 7.11 Å². The van der Waals surface area contributed by atoms with Crippen LogP contribution in [0.3, 0.4) is 0 Å². The predicted molar refractivity (Wildman–Crippen MR) is 141 cm³/mol. The van der Waals surface area contributed by atoms with Crippen LogP contribution in [0.25, 0.3) is 11.1 Å². The number of amides is 1. The van der Waals surface area contributed by atoms with Gasteiger partial charge in [0.15, 0.2) is 0 Å². The Balaban J connectivity index is 1.66. The van der Waals surface area contributed by atoms with Gasteiger partial charge in [0.05, 0.1) is 37.6 Å². The minimum absolute atomic E-state index is 0.0886. The van der Waals surface area contributed by atoms with E-state index in [9.17, 15) is 9.59 Å². The molecular weight excluding hydrogens is 450 g/mol. The summed E-state index contributed by atoms with van der Waals surface area (Å²) in [6.07, 6.45) is 0. The van der Waals surface area contributed by atoms with Crippen molar-refractivity contribution in [3.05, 3.63) is 131 Å². The SMILES string of the molecule is COC(=O)c1cccc(CN2C(=O)/C(=C(\c3ccccc3)c3ccc(OC)cc3)c3ccccc32)c1. The number of esters is 1. The van der Waals surface area contributed by atoms with Crippen molar-refractivity contribution < 1.29 is 19.1 Å². The molecule has 5 heteroatoms. The highest BCUT2D eigenvalue weighted by atomic mass is 16.5. The highest BCUT2D eigenvalue weighted by molar-refractivity contribution is 6.38. The number of rotatable bonds is 6. The first-order chi connectivity index (χ1) is 17.6. The second kappa shape index (κ2) is 9.92. The van der Waals surface area contributed by atoms with Gasteiger partial charge in [0.25, 0.3) is 5.91 Å². The first kappa shape index (κ1) is 23.1. The Morgan fingerprint density at radius 3 is 2.14 bits per heavy atom. The van der Waals surface area contributed by atoms with Gasteiger partial charge in [-0.25, -0.2) is 4.79 Å². The van der Waals surface area contributed by atoms with Crippen LogP contribution in [0.4, 0.5) is 5.69 Å². The molecule has 0 saturated heterocycles. The molecule has 0 aromatic heterocycles. The molecule has 4 aromatic rings. The van der Waals surface area contributed by atoms with E-state index in [1.54, 1.807) is 30.2 Å². The van der Waals surface area contributed by atoms with Crippen molar-refractivity contribution in [3.8, 4) is 5.75 Å². The summed E-state index contributed by atoms with van der Waals surface area (Å²) in [7, 11) is 2.99. The summed E-state index contributed by atoms with van der Waals surface area (Å²) in [5.74, 6) is 0.257. The normalized spacial score (nSPS) is 13.8. The number of benzene rings is 4. The lowest BCUT2D eigenvalue weighted by Gasteiger charge is -2.18. The summed E-state index contributed by atoms with van der Waals surface area (Å²) < 4.78 is 10.2. The maximum atomic E-state index is 14.1. The molecule has 1 amide bonds. The zero-order chi connectivity index (χ0) is 25.1. The van der Waals surface area contributed by atoms with Gasteiger partial charge in [-0.05, 0) is 47.0 Å². The lowest BCUT2D eigenvalue weighted by molar-refractivity contribution is -0.113. The first-order valence-electron chi connectivity index (χ1n) is 11.6. The van der Waals surface area contributed by atoms with Crippen molar-refractivity contribution in [2.75, 3.05) is 19.1 Å². The number of hydrogen-bond donors (Lipinski definition) is 0. The van der Waals surface area contributed by atoms with E-state index in [1.807, 2.05) is 84.9 Å². The van der Waals surface area contributed by atoms with Gasteiger partial charge in [-0.15, -0.1) is 0 Å². The quantitative estimate of drug-likeness (QED) is 0.254. The summed E-state index contributed by atoms with van der Waals surface area (Å²) >= 11 is 0. The zero-order valence-electron chi connectivity index (χ0n) is 20.1. The number of nitrogens with zero attached hydrogens (tertiary/aromatic N) is 1. The van der Waals surface area contributed by atoms with Gasteiger partial charge in [-0.1, -0.05) is 72.8 Å². The van der Waals surface area contributed by atoms with Gasteiger partial charge >= 0.3 is 5.97 Å². The maximum absolute atomic E-state index is 14.1. The Kier molecular flexibility index (Phi) is 6.37. The minimum atomic E-state index is -0.406. The molecule has 4 aromatic carbocycles. The number of carbonyl (C=O) groups is 2. The summed E-state index contributed by atoms with van der Waals surface area (Å²) in [4.78, 5) is 27.9. The monoisotopic (exact) mass is 475 g/mol. The Hall–Kier alpha value is -4.64. The Morgan fingerprint density at radius 1 is 0.750 bits per heavy atom. The van der Waals surface area contributed by atoms with E-state index in [-0.39, 0.29) is 5.91 Å². The van der Waals surface area contributed by atoms with Crippen LogP contribution in [0.1, 0.15) is 32.6 Å². The van der Waals surface area contributed by atoms with Crippen LogP contribution in [0.2, 0.25) is 0 Å². The molecule has 0 saturated carbocycles. The molecule has 0 aliphatic carbocycles. The molecule has 0 spiro atoms. The maximum Gasteiger partial charge on any atom is 0.337 e. The van der Waals surface area contributed by atoms with Gasteiger partial charge in [0, 0.05) is 11.1 Å². The predicted octanol–water partition coefficient (Wildman–Crippen LogP) is 5.99. The number of hydrogen-bond acceptors (Lipinski definition) is 4. The fourth-order valence-electron chi connectivity index (χ4n) is 4.59. The topological polar surface area (TPSA) is 55.8 Å². The number of anilines is 1. The minimum Gasteiger partial charge on any atom is -0.497 e. The first-order valence-corrected chi connectivity index (χ1v) is 11.6. The average Bonchev–Trinajstić information content (AvgIpc) is 3.20. The van der Waals surface area contributed by atoms with Gasteiger partial charge in [0.1, 0.15) is 5.75 Å². The van der Waals surface area contributed by atoms with Crippen molar-refractivity contribution in [1.29, 1.82) is 0 Å². The molecule has 0 fully saturated rings. The van der Waals surface area contributed by atoms with Crippen molar-refractivity contribution >= 4 is 28.7 Å². The molecule has 0 unspecified atom stereocenters. The summed E-state index contributed by atoms with van der Waals surface area (Å²) in [5.41, 5.74) is 6.39. The van der Waals surface area contributed by atoms with Crippen LogP contribution in [0, 0.1) is 0 Å². The third kappa shape index (κ3) is 4.27. The second-order valence-corrected chi connectivity index (χ2v) is 8.44. The van der Waals surface area contributed by atoms with Crippen molar-refractivity contribution in [2.24, 2.45) is 0 Å². The van der Waals surface area contributed by atoms with Crippen LogP contribution in [0.15, 0.2) is 103 Å². The van der Waals surface area contributed by atoms with Gasteiger partial charge in [-0.2, -0.15) is 0 Å². The van der Waals surface area contributed by atoms with Crippen LogP contribution in [-0.4, -0.2) is 26.1 Å². The molecule has 5 rings (SSSR count). The van der Waals surface area contributed by atoms with E-state index in [4.69, 9.17) is 9.47 Å². The van der Waals surface area contributed by atoms with E-state index in [0.717, 1.165) is 39.3 Å². The van der Waals surface area contributed by atoms with Gasteiger partial charge in [0.2, 0.25) is 0 Å². The fraction of sp³-hybridized carbons (Fsp3) is 0.0968. The van der Waals surface area contributed by atoms with Crippen LogP contribution in [0.5, 0.6) is 5.75 Å². The number of ether oxygens (including phenoxy) is 2. The lowest BCUT2D eigenvalue weighted by Crippen LogP contribution is -2.26. The van der Waals surface area contributed by atoms with Crippen molar-refractivity contribution in [3.63, 3.8) is 0 Å². The largest absolute Gasteiger partial charge is 0.497 e. The van der Waals surface area contributed by atoms with Crippen LogP contribution >= 0.6 is 0 Å². The number of methoxy groups -OCH3 is 2. The van der Waals surface area contributed by atoms with E-state index < -0.39 is 5.97 Å². The third-order valence-corrected chi connectivity index (χ3v) is 6.30. The van der Waals surface area contributed by atoms with Crippen LogP contribution in [-0.2, 0) is 16.1 Å². The molecule has 0 bridgehead atoms. The average molecular weight is 476 g/mol. The molecule has 0 radical (unpaired) electrons. The Bertz CT molecular complexity index is 1460. The smallest absolute Gasteiger partial charge is 0.337 e. The standard InChI is InChI=1S/C31H25NO4/c1-35-25-17-15-23(16-18-25)28(22-10-4-3-5-11-22)29-26-13-6-7-14-27(26)32(30(29)33)20-21-9-8-12-24(19-21)31(34)36-2/h3-19H,20H2,1-2H3/b29-28+. The van der Waals surface area contributed by atoms with Crippen molar-refractivity contribution in [1.82, 2.24) is 0 Å². The van der Waals surface area contributed by atoms with Gasteiger partial charge in [-0.3, -0.25) is 4.79 Å². The fourth-order valence-corrected chi connectivity index (χ4v) is 4.59. The molecular formula is C31H25NO4. The Labute approximate surface area is 210 Å². The van der Waals surface area contributed by atoms with Crippen molar-refractivity contribution in [2.45, 2.75) is 6.54 Å². The molecule has 0 N–H and O–H groups in total. The van der Waals surface area contributed by atoms with E-state index >= 15 is 0 Å². The molecule has 1 heterocycles. The summed E-state index contributed by atoms with van der Waals surface area (Å²) in [6, 6.07) is 32.7. The van der Waals surface area contributed by atoms with E-state index in [2.05, 4.69) is 0 Å². The molecule has 0 atom stereocenters. The number of carbonyl (C=O) groups excluding carboxylic acids is 2. The van der Waals surface area contributed by atoms with E-state index in [0.29, 0.717) is 17.7 Å². The lowest BCUT2D eigenvalue weighted by atomic mass is 9.90. The molecule has 1 aliphatic rings. The van der Waals surface area contributed by atoms with Gasteiger partial charge < -0.3 is 14.4 Å².